The van der Waals surface area contributed by atoms with Gasteiger partial charge in [0, 0.05) is 66.3 Å². The Morgan fingerprint density at radius 2 is 1.29 bits per heavy atom. The molecule has 0 amide bonds. The van der Waals surface area contributed by atoms with Crippen molar-refractivity contribution in [3.63, 3.8) is 0 Å². The molecule has 45 heavy (non-hydrogen) atoms. The highest BCUT2D eigenvalue weighted by Crippen LogP contribution is 2.55. The van der Waals surface area contributed by atoms with Gasteiger partial charge in [-0.3, -0.25) is 0 Å². The van der Waals surface area contributed by atoms with Crippen LogP contribution in [0.25, 0.3) is 0 Å². The van der Waals surface area contributed by atoms with Gasteiger partial charge in [0.15, 0.2) is 28.7 Å². The van der Waals surface area contributed by atoms with Gasteiger partial charge in [-0.2, -0.15) is 0 Å². The topological polar surface area (TPSA) is 52.6 Å². The number of hydrogen-bond donors (Lipinski definition) is 0. The van der Waals surface area contributed by atoms with Gasteiger partial charge in [0.05, 0.1) is 28.4 Å². The van der Waals surface area contributed by atoms with E-state index in [0.29, 0.717) is 11.5 Å². The summed E-state index contributed by atoms with van der Waals surface area (Å²) in [7, 11) is 12.6. The molecule has 0 saturated carbocycles. The van der Waals surface area contributed by atoms with Gasteiger partial charge in [-0.05, 0) is 65.8 Å². The molecular formula is C37H47ClN2O5. The molecule has 1 unspecified atom stereocenters. The van der Waals surface area contributed by atoms with Crippen LogP contribution in [0.1, 0.15) is 58.1 Å². The first kappa shape index (κ1) is 32.8. The number of likely N-dealkylation sites (N-methyl/N-ethyl adjacent to an activating group) is 2. The third-order valence-electron chi connectivity index (χ3n) is 10.2. The Bertz CT molecular complexity index is 1620. The molecule has 0 spiro atoms. The molecule has 2 aliphatic heterocycles. The van der Waals surface area contributed by atoms with Gasteiger partial charge in [0.1, 0.15) is 0 Å². The van der Waals surface area contributed by atoms with Gasteiger partial charge >= 0.3 is 0 Å². The van der Waals surface area contributed by atoms with Crippen LogP contribution in [0.3, 0.4) is 0 Å². The number of halogens is 1. The molecule has 0 fully saturated rings. The third kappa shape index (κ3) is 4.99. The molecule has 2 heterocycles. The normalized spacial score (nSPS) is 23.6. The van der Waals surface area contributed by atoms with Gasteiger partial charge in [0.2, 0.25) is 0 Å². The summed E-state index contributed by atoms with van der Waals surface area (Å²) in [4.78, 5) is 4.41. The number of anilines is 2. The third-order valence-corrected chi connectivity index (χ3v) is 10.7. The number of fused-ring (bicyclic) bond motifs is 2. The molecule has 2 aromatic rings. The summed E-state index contributed by atoms with van der Waals surface area (Å²) in [6.07, 6.45) is 11.6. The van der Waals surface area contributed by atoms with Crippen LogP contribution < -0.4 is 28.7 Å². The van der Waals surface area contributed by atoms with Crippen LogP contribution in [0.15, 0.2) is 70.4 Å². The highest BCUT2D eigenvalue weighted by atomic mass is 35.5. The molecule has 0 bridgehead atoms. The molecule has 7 nitrogen and oxygen atoms in total. The largest absolute Gasteiger partial charge is 0.493 e. The fraction of sp³-hybridized carbons (Fsp3) is 0.459. The quantitative estimate of drug-likeness (QED) is 0.290. The van der Waals surface area contributed by atoms with Gasteiger partial charge in [-0.15, -0.1) is 0 Å². The maximum atomic E-state index is 7.16. The summed E-state index contributed by atoms with van der Waals surface area (Å²) in [6.45, 7) is 8.88. The number of benzene rings is 2. The molecule has 1 atom stereocenters. The lowest BCUT2D eigenvalue weighted by atomic mass is 9.76. The lowest BCUT2D eigenvalue weighted by molar-refractivity contribution is -0.0129. The van der Waals surface area contributed by atoms with E-state index < -0.39 is 11.1 Å². The number of ether oxygens (including phenoxy) is 5. The first-order valence-electron chi connectivity index (χ1n) is 15.4. The number of hydrogen-bond acceptors (Lipinski definition) is 7. The lowest BCUT2D eigenvalue weighted by Crippen LogP contribution is -2.54. The monoisotopic (exact) mass is 634 g/mol. The van der Waals surface area contributed by atoms with Crippen molar-refractivity contribution in [2.75, 3.05) is 59.4 Å². The minimum absolute atomic E-state index is 0.224. The van der Waals surface area contributed by atoms with Crippen LogP contribution in [-0.4, -0.2) is 55.4 Å². The van der Waals surface area contributed by atoms with Crippen molar-refractivity contribution in [1.29, 1.82) is 0 Å². The fourth-order valence-electron chi connectivity index (χ4n) is 7.47. The summed E-state index contributed by atoms with van der Waals surface area (Å²) in [5.74, 6) is 2.85. The average Bonchev–Trinajstić information content (AvgIpc) is 3.32. The van der Waals surface area contributed by atoms with Crippen molar-refractivity contribution >= 4 is 23.0 Å². The Balaban J connectivity index is 1.49. The van der Waals surface area contributed by atoms with Gasteiger partial charge < -0.3 is 33.5 Å². The van der Waals surface area contributed by atoms with Crippen molar-refractivity contribution < 1.29 is 23.7 Å². The van der Waals surface area contributed by atoms with Crippen LogP contribution >= 0.6 is 11.6 Å². The zero-order valence-electron chi connectivity index (χ0n) is 28.6. The van der Waals surface area contributed by atoms with Crippen molar-refractivity contribution in [3.8, 4) is 23.0 Å². The van der Waals surface area contributed by atoms with E-state index in [-0.39, 0.29) is 5.41 Å². The molecule has 0 saturated heterocycles. The minimum Gasteiger partial charge on any atom is -0.493 e. The van der Waals surface area contributed by atoms with E-state index in [4.69, 9.17) is 35.3 Å². The summed E-state index contributed by atoms with van der Waals surface area (Å²) in [6, 6.07) is 8.23. The number of methoxy groups -OCH3 is 5. The summed E-state index contributed by atoms with van der Waals surface area (Å²) in [5.41, 5.74) is 6.54. The van der Waals surface area contributed by atoms with Gasteiger partial charge in [-0.25, -0.2) is 0 Å². The second-order valence-corrected chi connectivity index (χ2v) is 13.4. The predicted molar refractivity (Wildman–Crippen MR) is 184 cm³/mol. The lowest BCUT2D eigenvalue weighted by Gasteiger charge is -2.43. The Labute approximate surface area is 273 Å². The van der Waals surface area contributed by atoms with E-state index in [1.807, 2.05) is 6.07 Å². The maximum absolute atomic E-state index is 7.16. The highest BCUT2D eigenvalue weighted by molar-refractivity contribution is 6.32. The Morgan fingerprint density at radius 1 is 0.733 bits per heavy atom. The number of nitrogens with zero attached hydrogens (tertiary/aromatic N) is 2. The van der Waals surface area contributed by atoms with Crippen LogP contribution in [0.5, 0.6) is 23.0 Å². The smallest absolute Gasteiger partial charge is 0.169 e. The van der Waals surface area contributed by atoms with Crippen molar-refractivity contribution in [2.24, 2.45) is 0 Å². The molecule has 0 radical (unpaired) electrons. The van der Waals surface area contributed by atoms with E-state index in [0.717, 1.165) is 63.9 Å². The molecule has 0 aromatic heterocycles. The SMILES string of the molecule is COc1cc2c(cc1OC)C(C)(C)C(=CC=C1CCCC(C=CC3(OC)N(C)c4cc(OC)c(OC)cc4C3(C)C)=C1Cl)N2C. The van der Waals surface area contributed by atoms with Crippen molar-refractivity contribution in [3.05, 3.63) is 81.6 Å². The van der Waals surface area contributed by atoms with E-state index in [1.54, 1.807) is 35.5 Å². The van der Waals surface area contributed by atoms with E-state index in [9.17, 15) is 0 Å². The molecule has 2 aromatic carbocycles. The summed E-state index contributed by atoms with van der Waals surface area (Å²) in [5, 5.41) is 0.805. The molecule has 5 rings (SSSR count). The second kappa shape index (κ2) is 12.0. The first-order chi connectivity index (χ1) is 21.3. The van der Waals surface area contributed by atoms with Crippen LogP contribution in [0.2, 0.25) is 0 Å². The Kier molecular flexibility index (Phi) is 8.75. The zero-order valence-corrected chi connectivity index (χ0v) is 29.3. The molecule has 8 heteroatoms. The number of allylic oxidation sites excluding steroid dienone is 7. The first-order valence-corrected chi connectivity index (χ1v) is 15.8. The maximum Gasteiger partial charge on any atom is 0.169 e. The Hall–Kier alpha value is -3.55. The number of rotatable bonds is 8. The fourth-order valence-corrected chi connectivity index (χ4v) is 7.79. The summed E-state index contributed by atoms with van der Waals surface area (Å²) < 4.78 is 28.8. The molecule has 1 aliphatic carbocycles. The molecule has 242 valence electrons. The van der Waals surface area contributed by atoms with Crippen molar-refractivity contribution in [1.82, 2.24) is 0 Å². The van der Waals surface area contributed by atoms with Crippen LogP contribution in [-0.2, 0) is 15.6 Å². The molecule has 3 aliphatic rings. The van der Waals surface area contributed by atoms with E-state index in [1.165, 1.54) is 11.3 Å². The average molecular weight is 635 g/mol. The molecule has 0 N–H and O–H groups in total. The Morgan fingerprint density at radius 3 is 1.87 bits per heavy atom. The second-order valence-electron chi connectivity index (χ2n) is 13.0. The van der Waals surface area contributed by atoms with Gasteiger partial charge in [-0.1, -0.05) is 51.4 Å². The minimum atomic E-state index is -0.745. The molecular weight excluding hydrogens is 588 g/mol. The van der Waals surface area contributed by atoms with E-state index in [2.05, 4.69) is 94.1 Å². The van der Waals surface area contributed by atoms with Crippen molar-refractivity contribution in [2.45, 2.75) is 63.5 Å². The summed E-state index contributed by atoms with van der Waals surface area (Å²) >= 11 is 7.16. The zero-order chi connectivity index (χ0) is 32.9. The highest BCUT2D eigenvalue weighted by Gasteiger charge is 2.55. The predicted octanol–water partition coefficient (Wildman–Crippen LogP) is 8.26. The standard InChI is InChI=1S/C37H47ClN2O5/c1-35(2)25-19-29(41-7)31(43-9)21-27(25)39(5)33(35)16-15-23-13-12-14-24(34(23)38)17-18-37(45-11)36(3,4)26-20-30(42-8)32(44-10)22-28(26)40(37)6/h15-22H,12-14H2,1-11H3. The van der Waals surface area contributed by atoms with Crippen LogP contribution in [0.4, 0.5) is 11.4 Å². The van der Waals surface area contributed by atoms with Gasteiger partial charge in [0.25, 0.3) is 0 Å². The van der Waals surface area contributed by atoms with E-state index >= 15 is 0 Å². The van der Waals surface area contributed by atoms with Crippen LogP contribution in [0, 0.1) is 0 Å².